The maximum atomic E-state index is 13.0. The van der Waals surface area contributed by atoms with Crippen molar-refractivity contribution < 1.29 is 4.39 Å². The van der Waals surface area contributed by atoms with E-state index in [1.807, 2.05) is 6.07 Å². The number of rotatable bonds is 3. The second-order valence-corrected chi connectivity index (χ2v) is 4.28. The number of benzene rings is 1. The van der Waals surface area contributed by atoms with Crippen molar-refractivity contribution in [3.63, 3.8) is 0 Å². The van der Waals surface area contributed by atoms with Crippen LogP contribution in [0.2, 0.25) is 0 Å². The summed E-state index contributed by atoms with van der Waals surface area (Å²) >= 11 is 1.63. The first kappa shape index (κ1) is 10.3. The molecular weight excluding hydrogens is 209 g/mol. The van der Waals surface area contributed by atoms with Gasteiger partial charge < -0.3 is 5.73 Å². The van der Waals surface area contributed by atoms with Crippen LogP contribution in [0.4, 0.5) is 4.39 Å². The lowest BCUT2D eigenvalue weighted by atomic mass is 10.1. The second kappa shape index (κ2) is 4.55. The average Bonchev–Trinajstić information content (AvgIpc) is 2.67. The molecule has 0 aliphatic rings. The Labute approximate surface area is 92.4 Å². The molecule has 0 fully saturated rings. The fraction of sp³-hybridized carbons (Fsp3) is 0.167. The zero-order valence-electron chi connectivity index (χ0n) is 8.24. The van der Waals surface area contributed by atoms with E-state index >= 15 is 0 Å². The van der Waals surface area contributed by atoms with Gasteiger partial charge in [-0.05, 0) is 47.7 Å². The van der Waals surface area contributed by atoms with Crippen molar-refractivity contribution >= 4 is 11.3 Å². The highest BCUT2D eigenvalue weighted by Crippen LogP contribution is 2.27. The Hall–Kier alpha value is -1.19. The zero-order valence-corrected chi connectivity index (χ0v) is 9.06. The molecule has 0 atom stereocenters. The fourth-order valence-corrected chi connectivity index (χ4v) is 2.41. The van der Waals surface area contributed by atoms with Crippen LogP contribution < -0.4 is 5.73 Å². The van der Waals surface area contributed by atoms with Crippen LogP contribution in [0.15, 0.2) is 35.7 Å². The molecule has 0 aliphatic carbocycles. The van der Waals surface area contributed by atoms with E-state index in [1.165, 1.54) is 11.6 Å². The van der Waals surface area contributed by atoms with Crippen molar-refractivity contribution in [3.05, 3.63) is 47.1 Å². The van der Waals surface area contributed by atoms with Crippen LogP contribution in [-0.4, -0.2) is 6.54 Å². The first-order valence-corrected chi connectivity index (χ1v) is 5.71. The molecule has 0 aliphatic heterocycles. The van der Waals surface area contributed by atoms with Crippen LogP contribution in [0.3, 0.4) is 0 Å². The number of halogens is 1. The molecule has 1 heterocycles. The van der Waals surface area contributed by atoms with Gasteiger partial charge in [0, 0.05) is 4.88 Å². The van der Waals surface area contributed by atoms with E-state index in [-0.39, 0.29) is 5.82 Å². The molecule has 0 radical (unpaired) electrons. The molecule has 1 nitrogen and oxygen atoms in total. The minimum atomic E-state index is -0.193. The first-order chi connectivity index (χ1) is 7.29. The van der Waals surface area contributed by atoms with Crippen molar-refractivity contribution in [2.45, 2.75) is 6.42 Å². The molecular formula is C12H12FNS. The number of thiophene rings is 1. The largest absolute Gasteiger partial charge is 0.330 e. The minimum Gasteiger partial charge on any atom is -0.330 e. The third-order valence-electron chi connectivity index (χ3n) is 2.20. The molecule has 0 bridgehead atoms. The maximum absolute atomic E-state index is 13.0. The molecule has 0 unspecified atom stereocenters. The van der Waals surface area contributed by atoms with Crippen LogP contribution in [-0.2, 0) is 6.42 Å². The summed E-state index contributed by atoms with van der Waals surface area (Å²) in [6.45, 7) is 0.652. The van der Waals surface area contributed by atoms with Gasteiger partial charge in [-0.15, -0.1) is 11.3 Å². The Morgan fingerprint density at radius 2 is 2.13 bits per heavy atom. The molecule has 78 valence electrons. The molecule has 3 heteroatoms. The minimum absolute atomic E-state index is 0.193. The molecule has 2 aromatic rings. The molecule has 2 rings (SSSR count). The normalized spacial score (nSPS) is 10.5. The highest BCUT2D eigenvalue weighted by molar-refractivity contribution is 7.13. The summed E-state index contributed by atoms with van der Waals surface area (Å²) in [5, 5.41) is 2.08. The third-order valence-corrected chi connectivity index (χ3v) is 3.22. The predicted octanol–water partition coefficient (Wildman–Crippen LogP) is 3.06. The highest BCUT2D eigenvalue weighted by atomic mass is 32.1. The van der Waals surface area contributed by atoms with Crippen molar-refractivity contribution in [2.75, 3.05) is 6.54 Å². The standard InChI is InChI=1S/C12H12FNS/c13-11-3-1-2-10(7-11)12-6-9(4-5-14)8-15-12/h1-3,6-8H,4-5,14H2. The molecule has 1 aromatic heterocycles. The van der Waals surface area contributed by atoms with Gasteiger partial charge in [0.05, 0.1) is 0 Å². The number of hydrogen-bond acceptors (Lipinski definition) is 2. The summed E-state index contributed by atoms with van der Waals surface area (Å²) in [4.78, 5) is 1.10. The highest BCUT2D eigenvalue weighted by Gasteiger charge is 2.02. The lowest BCUT2D eigenvalue weighted by Gasteiger charge is -1.96. The van der Waals surface area contributed by atoms with Crippen LogP contribution in [0.25, 0.3) is 10.4 Å². The second-order valence-electron chi connectivity index (χ2n) is 3.37. The predicted molar refractivity (Wildman–Crippen MR) is 62.5 cm³/mol. The summed E-state index contributed by atoms with van der Waals surface area (Å²) in [7, 11) is 0. The van der Waals surface area contributed by atoms with Gasteiger partial charge in [0.1, 0.15) is 5.82 Å². The molecule has 1 aromatic carbocycles. The van der Waals surface area contributed by atoms with Gasteiger partial charge in [-0.25, -0.2) is 4.39 Å². The van der Waals surface area contributed by atoms with Crippen LogP contribution in [0, 0.1) is 5.82 Å². The van der Waals surface area contributed by atoms with Gasteiger partial charge in [-0.3, -0.25) is 0 Å². The van der Waals surface area contributed by atoms with Gasteiger partial charge in [0.2, 0.25) is 0 Å². The van der Waals surface area contributed by atoms with E-state index in [2.05, 4.69) is 11.4 Å². The lowest BCUT2D eigenvalue weighted by molar-refractivity contribution is 0.628. The SMILES string of the molecule is NCCc1csc(-c2cccc(F)c2)c1. The number of nitrogens with two attached hydrogens (primary N) is 1. The smallest absolute Gasteiger partial charge is 0.123 e. The van der Waals surface area contributed by atoms with Crippen molar-refractivity contribution in [3.8, 4) is 10.4 Å². The third kappa shape index (κ3) is 2.43. The van der Waals surface area contributed by atoms with E-state index in [1.54, 1.807) is 23.5 Å². The summed E-state index contributed by atoms with van der Waals surface area (Å²) < 4.78 is 13.0. The van der Waals surface area contributed by atoms with Gasteiger partial charge in [-0.1, -0.05) is 12.1 Å². The Bertz CT molecular complexity index is 450. The Balaban J connectivity index is 2.29. The van der Waals surface area contributed by atoms with E-state index in [4.69, 9.17) is 5.73 Å². The molecule has 0 spiro atoms. The molecule has 0 saturated carbocycles. The summed E-state index contributed by atoms with van der Waals surface area (Å²) in [5.74, 6) is -0.193. The van der Waals surface area contributed by atoms with Crippen molar-refractivity contribution in [1.82, 2.24) is 0 Å². The molecule has 2 N–H and O–H groups in total. The summed E-state index contributed by atoms with van der Waals surface area (Å²) in [6.07, 6.45) is 0.881. The average molecular weight is 221 g/mol. The topological polar surface area (TPSA) is 26.0 Å². The lowest BCUT2D eigenvalue weighted by Crippen LogP contribution is -2.01. The zero-order chi connectivity index (χ0) is 10.7. The van der Waals surface area contributed by atoms with Gasteiger partial charge in [-0.2, -0.15) is 0 Å². The molecule has 15 heavy (non-hydrogen) atoms. The monoisotopic (exact) mass is 221 g/mol. The first-order valence-electron chi connectivity index (χ1n) is 4.83. The number of hydrogen-bond donors (Lipinski definition) is 1. The van der Waals surface area contributed by atoms with Gasteiger partial charge in [0.25, 0.3) is 0 Å². The Morgan fingerprint density at radius 3 is 2.87 bits per heavy atom. The van der Waals surface area contributed by atoms with E-state index in [9.17, 15) is 4.39 Å². The fourth-order valence-electron chi connectivity index (χ4n) is 1.47. The Morgan fingerprint density at radius 1 is 1.27 bits per heavy atom. The van der Waals surface area contributed by atoms with Crippen LogP contribution in [0.5, 0.6) is 0 Å². The summed E-state index contributed by atoms with van der Waals surface area (Å²) in [5.41, 5.74) is 7.63. The molecule has 0 amide bonds. The van der Waals surface area contributed by atoms with Gasteiger partial charge >= 0.3 is 0 Å². The van der Waals surface area contributed by atoms with E-state index in [0.29, 0.717) is 6.54 Å². The summed E-state index contributed by atoms with van der Waals surface area (Å²) in [6, 6.07) is 8.73. The van der Waals surface area contributed by atoms with Crippen LogP contribution >= 0.6 is 11.3 Å². The maximum Gasteiger partial charge on any atom is 0.123 e. The molecule has 0 saturated heterocycles. The van der Waals surface area contributed by atoms with Crippen molar-refractivity contribution in [2.24, 2.45) is 5.73 Å². The van der Waals surface area contributed by atoms with Gasteiger partial charge in [0.15, 0.2) is 0 Å². The van der Waals surface area contributed by atoms with Crippen molar-refractivity contribution in [1.29, 1.82) is 0 Å². The Kier molecular flexibility index (Phi) is 3.14. The van der Waals surface area contributed by atoms with E-state index in [0.717, 1.165) is 16.9 Å². The quantitative estimate of drug-likeness (QED) is 0.847. The van der Waals surface area contributed by atoms with Crippen LogP contribution in [0.1, 0.15) is 5.56 Å². The van der Waals surface area contributed by atoms with E-state index < -0.39 is 0 Å².